The van der Waals surface area contributed by atoms with Gasteiger partial charge in [0.05, 0.1) is 23.0 Å². The van der Waals surface area contributed by atoms with Gasteiger partial charge in [-0.1, -0.05) is 11.8 Å². The number of carbonyl (C=O) groups excluding carboxylic acids is 1. The van der Waals surface area contributed by atoms with Gasteiger partial charge in [0.2, 0.25) is 0 Å². The van der Waals surface area contributed by atoms with Crippen molar-refractivity contribution in [2.75, 3.05) is 18.5 Å². The van der Waals surface area contributed by atoms with Gasteiger partial charge in [0, 0.05) is 33.4 Å². The van der Waals surface area contributed by atoms with Gasteiger partial charge in [-0.05, 0) is 36.4 Å². The Hall–Kier alpha value is -4.13. The number of aromatic nitrogens is 4. The molecule has 0 unspecified atom stereocenters. The lowest BCUT2D eigenvalue weighted by Crippen LogP contribution is -2.27. The Morgan fingerprint density at radius 3 is 2.69 bits per heavy atom. The van der Waals surface area contributed by atoms with E-state index in [1.54, 1.807) is 24.3 Å². The highest BCUT2D eigenvalue weighted by Gasteiger charge is 2.40. The average molecular weight is 517 g/mol. The van der Waals surface area contributed by atoms with Crippen molar-refractivity contribution in [3.8, 4) is 0 Å². The Balaban J connectivity index is 1.36. The Labute approximate surface area is 203 Å². The third-order valence-electron chi connectivity index (χ3n) is 5.24. The molecule has 0 saturated carbocycles. The standard InChI is InChI=1S/C23H15F4N5O3S/c24-11-1-3-13-15(9-11)17-14(5-6-29-20(17)33)19-18(13)31-22(32-19)36-12-2-4-16(30-10-12)28-7-8-35-21(34)23(25,26)27/h1-6,9-10H,7-8H2,(H,28,30)(H,29,33)(H,31,32). The molecule has 0 aliphatic rings. The largest absolute Gasteiger partial charge is 0.490 e. The maximum absolute atomic E-state index is 14.0. The molecule has 0 fully saturated rings. The van der Waals surface area contributed by atoms with Crippen molar-refractivity contribution in [2.45, 2.75) is 16.2 Å². The zero-order valence-electron chi connectivity index (χ0n) is 18.1. The van der Waals surface area contributed by atoms with E-state index in [2.05, 4.69) is 30.0 Å². The number of esters is 1. The zero-order chi connectivity index (χ0) is 25.4. The molecule has 5 aromatic rings. The van der Waals surface area contributed by atoms with Crippen molar-refractivity contribution in [3.63, 3.8) is 0 Å². The Morgan fingerprint density at radius 1 is 1.11 bits per heavy atom. The molecule has 3 N–H and O–H groups in total. The highest BCUT2D eigenvalue weighted by atomic mass is 32.2. The molecule has 0 bridgehead atoms. The van der Waals surface area contributed by atoms with Gasteiger partial charge in [-0.2, -0.15) is 13.2 Å². The first-order valence-corrected chi connectivity index (χ1v) is 11.3. The van der Waals surface area contributed by atoms with Gasteiger partial charge in [0.25, 0.3) is 5.56 Å². The molecule has 5 rings (SSSR count). The predicted molar refractivity (Wildman–Crippen MR) is 126 cm³/mol. The van der Waals surface area contributed by atoms with Crippen molar-refractivity contribution < 1.29 is 27.1 Å². The molecule has 13 heteroatoms. The molecule has 0 atom stereocenters. The summed E-state index contributed by atoms with van der Waals surface area (Å²) in [7, 11) is 0. The van der Waals surface area contributed by atoms with Crippen LogP contribution >= 0.6 is 11.8 Å². The van der Waals surface area contributed by atoms with Gasteiger partial charge in [-0.25, -0.2) is 19.2 Å². The van der Waals surface area contributed by atoms with Crippen LogP contribution in [-0.4, -0.2) is 45.2 Å². The van der Waals surface area contributed by atoms with Gasteiger partial charge in [0.1, 0.15) is 18.2 Å². The first-order chi connectivity index (χ1) is 17.2. The van der Waals surface area contributed by atoms with Crippen LogP contribution in [0.1, 0.15) is 0 Å². The van der Waals surface area contributed by atoms with Crippen LogP contribution in [0.2, 0.25) is 0 Å². The van der Waals surface area contributed by atoms with Crippen LogP contribution in [0.5, 0.6) is 0 Å². The van der Waals surface area contributed by atoms with Crippen LogP contribution in [0.25, 0.3) is 32.6 Å². The number of ether oxygens (including phenoxy) is 1. The highest BCUT2D eigenvalue weighted by molar-refractivity contribution is 7.99. The molecule has 3 heterocycles. The molecule has 0 aliphatic heterocycles. The number of hydrogen-bond acceptors (Lipinski definition) is 7. The maximum atomic E-state index is 14.0. The lowest BCUT2D eigenvalue weighted by atomic mass is 10.0. The zero-order valence-corrected chi connectivity index (χ0v) is 18.9. The minimum absolute atomic E-state index is 0.0508. The molecule has 0 radical (unpaired) electrons. The molecule has 2 aromatic carbocycles. The third-order valence-corrected chi connectivity index (χ3v) is 6.11. The molecule has 0 saturated heterocycles. The number of anilines is 1. The summed E-state index contributed by atoms with van der Waals surface area (Å²) in [4.78, 5) is 38.6. The predicted octanol–water partition coefficient (Wildman–Crippen LogP) is 4.76. The fourth-order valence-electron chi connectivity index (χ4n) is 3.74. The van der Waals surface area contributed by atoms with E-state index in [1.807, 2.05) is 0 Å². The van der Waals surface area contributed by atoms with E-state index in [4.69, 9.17) is 0 Å². The van der Waals surface area contributed by atoms with Crippen LogP contribution in [0, 0.1) is 5.82 Å². The van der Waals surface area contributed by atoms with Gasteiger partial charge >= 0.3 is 12.1 Å². The summed E-state index contributed by atoms with van der Waals surface area (Å²) < 4.78 is 54.5. The second kappa shape index (κ2) is 9.15. The number of imidazole rings is 1. The molecule has 0 spiro atoms. The summed E-state index contributed by atoms with van der Waals surface area (Å²) in [6, 6.07) is 9.29. The molecule has 36 heavy (non-hydrogen) atoms. The fraction of sp³-hybridized carbons (Fsp3) is 0.130. The van der Waals surface area contributed by atoms with E-state index < -0.39 is 24.6 Å². The summed E-state index contributed by atoms with van der Waals surface area (Å²) in [5.74, 6) is -2.32. The van der Waals surface area contributed by atoms with Crippen LogP contribution in [0.4, 0.5) is 23.4 Å². The number of pyridine rings is 2. The molecule has 0 amide bonds. The molecular formula is C23H15F4N5O3S. The Bertz CT molecular complexity index is 1670. The van der Waals surface area contributed by atoms with E-state index in [9.17, 15) is 27.2 Å². The first-order valence-electron chi connectivity index (χ1n) is 10.4. The highest BCUT2D eigenvalue weighted by Crippen LogP contribution is 2.35. The van der Waals surface area contributed by atoms with E-state index in [1.165, 1.54) is 36.3 Å². The Kier molecular flexibility index (Phi) is 6.00. The summed E-state index contributed by atoms with van der Waals surface area (Å²) in [5.41, 5.74) is 0.880. The second-order valence-corrected chi connectivity index (χ2v) is 8.65. The van der Waals surface area contributed by atoms with E-state index in [0.717, 1.165) is 0 Å². The lowest BCUT2D eigenvalue weighted by molar-refractivity contribution is -0.199. The quantitative estimate of drug-likeness (QED) is 0.129. The van der Waals surface area contributed by atoms with Crippen LogP contribution in [0.3, 0.4) is 0 Å². The molecule has 3 aromatic heterocycles. The summed E-state index contributed by atoms with van der Waals surface area (Å²) in [6.45, 7) is -0.519. The van der Waals surface area contributed by atoms with E-state index in [0.29, 0.717) is 48.4 Å². The number of rotatable bonds is 6. The van der Waals surface area contributed by atoms with Gasteiger partial charge in [-0.3, -0.25) is 4.79 Å². The van der Waals surface area contributed by atoms with Crippen molar-refractivity contribution >= 4 is 56.1 Å². The minimum atomic E-state index is -5.03. The normalized spacial score (nSPS) is 11.9. The van der Waals surface area contributed by atoms with Crippen molar-refractivity contribution in [1.82, 2.24) is 19.9 Å². The first kappa shape index (κ1) is 23.6. The smallest absolute Gasteiger partial charge is 0.457 e. The van der Waals surface area contributed by atoms with E-state index >= 15 is 0 Å². The molecule has 184 valence electrons. The van der Waals surface area contributed by atoms with Gasteiger partial charge in [-0.15, -0.1) is 0 Å². The number of fused-ring (bicyclic) bond motifs is 6. The number of hydrogen-bond donors (Lipinski definition) is 3. The average Bonchev–Trinajstić information content (AvgIpc) is 3.26. The third kappa shape index (κ3) is 4.56. The number of benzene rings is 2. The van der Waals surface area contributed by atoms with Crippen LogP contribution < -0.4 is 10.9 Å². The maximum Gasteiger partial charge on any atom is 0.490 e. The van der Waals surface area contributed by atoms with Gasteiger partial charge < -0.3 is 20.0 Å². The lowest BCUT2D eigenvalue weighted by Gasteiger charge is -2.08. The van der Waals surface area contributed by atoms with Crippen LogP contribution in [0.15, 0.2) is 63.6 Å². The summed E-state index contributed by atoms with van der Waals surface area (Å²) in [5, 5.41) is 5.33. The SMILES string of the molecule is O=C(OCCNc1ccc(Sc2nc3c4cc[nH]c(=O)c4c4cc(F)ccc4c3[nH]2)cn1)C(F)(F)F. The van der Waals surface area contributed by atoms with Crippen LogP contribution in [-0.2, 0) is 9.53 Å². The fourth-order valence-corrected chi connectivity index (χ4v) is 4.49. The topological polar surface area (TPSA) is 113 Å². The molecule has 0 aliphatic carbocycles. The number of alkyl halides is 3. The monoisotopic (exact) mass is 517 g/mol. The number of nitrogens with zero attached hydrogens (tertiary/aromatic N) is 2. The van der Waals surface area contributed by atoms with Crippen molar-refractivity contribution in [3.05, 3.63) is 65.0 Å². The number of H-pyrrole nitrogens is 2. The summed E-state index contributed by atoms with van der Waals surface area (Å²) >= 11 is 1.27. The number of halogens is 4. The van der Waals surface area contributed by atoms with Gasteiger partial charge in [0.15, 0.2) is 5.16 Å². The minimum Gasteiger partial charge on any atom is -0.457 e. The number of nitrogens with one attached hydrogen (secondary N) is 3. The number of aromatic amines is 2. The molecular weight excluding hydrogens is 502 g/mol. The summed E-state index contributed by atoms with van der Waals surface area (Å²) in [6.07, 6.45) is -1.98. The van der Waals surface area contributed by atoms with E-state index in [-0.39, 0.29) is 12.1 Å². The van der Waals surface area contributed by atoms with Crippen molar-refractivity contribution in [1.29, 1.82) is 0 Å². The molecule has 8 nitrogen and oxygen atoms in total. The Morgan fingerprint density at radius 2 is 1.94 bits per heavy atom. The van der Waals surface area contributed by atoms with Crippen molar-refractivity contribution in [2.24, 2.45) is 0 Å². The number of carbonyl (C=O) groups is 1. The second-order valence-electron chi connectivity index (χ2n) is 7.59.